The number of fused-ring (bicyclic) bond motifs is 1. The van der Waals surface area contributed by atoms with E-state index in [1.807, 2.05) is 18.2 Å². The topological polar surface area (TPSA) is 54.5 Å². The number of rotatable bonds is 4. The maximum absolute atomic E-state index is 13.0. The van der Waals surface area contributed by atoms with E-state index >= 15 is 0 Å². The van der Waals surface area contributed by atoms with E-state index in [2.05, 4.69) is 12.1 Å². The fraction of sp³-hybridized carbons (Fsp3) is 0.350. The van der Waals surface area contributed by atoms with Crippen molar-refractivity contribution in [1.29, 1.82) is 0 Å². The summed E-state index contributed by atoms with van der Waals surface area (Å²) in [5.74, 6) is -0.340. The van der Waals surface area contributed by atoms with Crippen molar-refractivity contribution < 1.29 is 13.2 Å². The van der Waals surface area contributed by atoms with Crippen molar-refractivity contribution in [2.45, 2.75) is 46.8 Å². The van der Waals surface area contributed by atoms with Gasteiger partial charge in [0.15, 0.2) is 0 Å². The molecule has 2 aliphatic rings. The average Bonchev–Trinajstić information content (AvgIpc) is 2.87. The Labute approximate surface area is 160 Å². The van der Waals surface area contributed by atoms with Crippen molar-refractivity contribution in [3.05, 3.63) is 65.7 Å². The second-order valence-electron chi connectivity index (χ2n) is 6.79. The van der Waals surface area contributed by atoms with Crippen molar-refractivity contribution in [3.8, 4) is 0 Å². The zero-order valence-corrected chi connectivity index (χ0v) is 16.9. The van der Waals surface area contributed by atoms with Gasteiger partial charge in [-0.2, -0.15) is 0 Å². The van der Waals surface area contributed by atoms with Gasteiger partial charge in [0.05, 0.1) is 0 Å². The van der Waals surface area contributed by atoms with Crippen LogP contribution in [0.15, 0.2) is 59.5 Å². The molecular formula is C20H21NO3SSe. The fourth-order valence-electron chi connectivity index (χ4n) is 3.85. The Morgan fingerprint density at radius 2 is 1.65 bits per heavy atom. The van der Waals surface area contributed by atoms with Crippen LogP contribution in [0.5, 0.6) is 0 Å². The van der Waals surface area contributed by atoms with E-state index in [9.17, 15) is 13.2 Å². The first-order valence-electron chi connectivity index (χ1n) is 8.92. The van der Waals surface area contributed by atoms with Crippen LogP contribution in [-0.4, -0.2) is 39.6 Å². The third kappa shape index (κ3) is 3.11. The molecule has 1 amide bonds. The van der Waals surface area contributed by atoms with Gasteiger partial charge in [-0.25, -0.2) is 0 Å². The van der Waals surface area contributed by atoms with E-state index in [0.29, 0.717) is 5.56 Å². The average molecular weight is 434 g/mol. The Morgan fingerprint density at radius 3 is 2.42 bits per heavy atom. The molecule has 1 saturated carbocycles. The number of carbonyl (C=O) groups excluding carboxylic acids is 1. The van der Waals surface area contributed by atoms with Crippen LogP contribution in [-0.2, 0) is 15.3 Å². The summed E-state index contributed by atoms with van der Waals surface area (Å²) in [5.41, 5.74) is 1.61. The summed E-state index contributed by atoms with van der Waals surface area (Å²) in [6, 6.07) is 16.7. The number of amides is 1. The number of hydrogen-bond acceptors (Lipinski definition) is 3. The van der Waals surface area contributed by atoms with Gasteiger partial charge < -0.3 is 0 Å². The normalized spacial score (nSPS) is 24.5. The molecule has 4 rings (SSSR count). The summed E-state index contributed by atoms with van der Waals surface area (Å²) in [7, 11) is -3.72. The zero-order chi connectivity index (χ0) is 18.1. The van der Waals surface area contributed by atoms with Crippen LogP contribution in [0.2, 0.25) is 4.82 Å². The second kappa shape index (κ2) is 7.18. The maximum atomic E-state index is 13.0. The molecule has 2 unspecified atom stereocenters. The van der Waals surface area contributed by atoms with Gasteiger partial charge >= 0.3 is 161 Å². The summed E-state index contributed by atoms with van der Waals surface area (Å²) < 4.78 is 27.3. The molecule has 0 aromatic heterocycles. The monoisotopic (exact) mass is 435 g/mol. The SMILES string of the molecule is O=C1c2ccccc2S(=O)(=O)N1C1CCCCC1[Se]Cc1ccccc1. The molecule has 0 N–H and O–H groups in total. The quantitative estimate of drug-likeness (QED) is 0.693. The first kappa shape index (κ1) is 17.8. The molecule has 1 aliphatic carbocycles. The Hall–Kier alpha value is -1.62. The minimum absolute atomic E-state index is 0.171. The van der Waals surface area contributed by atoms with E-state index in [0.717, 1.165) is 31.0 Å². The van der Waals surface area contributed by atoms with Crippen LogP contribution < -0.4 is 0 Å². The van der Waals surface area contributed by atoms with Crippen LogP contribution in [0, 0.1) is 0 Å². The number of nitrogens with zero attached hydrogens (tertiary/aromatic N) is 1. The molecule has 1 aliphatic heterocycles. The third-order valence-corrected chi connectivity index (χ3v) is 10.1. The molecule has 6 heteroatoms. The Bertz CT molecular complexity index is 914. The Morgan fingerprint density at radius 1 is 0.962 bits per heavy atom. The third-order valence-electron chi connectivity index (χ3n) is 5.13. The molecule has 0 spiro atoms. The predicted molar refractivity (Wildman–Crippen MR) is 102 cm³/mol. The first-order valence-corrected chi connectivity index (χ1v) is 12.6. The van der Waals surface area contributed by atoms with Gasteiger partial charge in [0.1, 0.15) is 0 Å². The summed E-state index contributed by atoms with van der Waals surface area (Å²) in [5, 5.41) is 0.976. The van der Waals surface area contributed by atoms with E-state index in [1.54, 1.807) is 24.3 Å². The van der Waals surface area contributed by atoms with E-state index < -0.39 is 10.0 Å². The van der Waals surface area contributed by atoms with Crippen LogP contribution in [0.25, 0.3) is 0 Å². The fourth-order valence-corrected chi connectivity index (χ4v) is 8.81. The summed E-state index contributed by atoms with van der Waals surface area (Å²) >= 11 is 0.261. The van der Waals surface area contributed by atoms with Crippen LogP contribution in [0.1, 0.15) is 41.6 Å². The van der Waals surface area contributed by atoms with E-state index in [-0.39, 0.29) is 36.6 Å². The van der Waals surface area contributed by atoms with E-state index in [1.165, 1.54) is 9.87 Å². The van der Waals surface area contributed by atoms with Gasteiger partial charge in [0.25, 0.3) is 0 Å². The number of carbonyl (C=O) groups is 1. The molecule has 136 valence electrons. The van der Waals surface area contributed by atoms with Crippen molar-refractivity contribution in [2.75, 3.05) is 0 Å². The second-order valence-corrected chi connectivity index (χ2v) is 11.1. The molecule has 2 aromatic carbocycles. The number of hydrogen-bond donors (Lipinski definition) is 0. The Kier molecular flexibility index (Phi) is 4.91. The standard InChI is InChI=1S/C20H21NO3SSe/c22-20-16-10-4-6-12-18(16)25(23,24)21(20)17-11-5-7-13-19(17)26-14-15-8-2-1-3-9-15/h1-4,6,8-10,12,17,19H,5,7,11,13-14H2. The molecule has 4 nitrogen and oxygen atoms in total. The molecule has 0 saturated heterocycles. The summed E-state index contributed by atoms with van der Waals surface area (Å²) in [6.45, 7) is 0. The van der Waals surface area contributed by atoms with Crippen molar-refractivity contribution >= 4 is 30.9 Å². The van der Waals surface area contributed by atoms with Gasteiger partial charge in [-0.05, 0) is 0 Å². The van der Waals surface area contributed by atoms with Gasteiger partial charge in [-0.15, -0.1) is 0 Å². The molecule has 2 aromatic rings. The van der Waals surface area contributed by atoms with Crippen molar-refractivity contribution in [3.63, 3.8) is 0 Å². The zero-order valence-electron chi connectivity index (χ0n) is 14.4. The van der Waals surface area contributed by atoms with Gasteiger partial charge in [0.2, 0.25) is 0 Å². The van der Waals surface area contributed by atoms with Crippen LogP contribution in [0.4, 0.5) is 0 Å². The molecule has 0 bridgehead atoms. The van der Waals surface area contributed by atoms with Gasteiger partial charge in [-0.3, -0.25) is 0 Å². The number of benzene rings is 2. The Balaban J connectivity index is 1.60. The summed E-state index contributed by atoms with van der Waals surface area (Å²) in [4.78, 5) is 13.3. The van der Waals surface area contributed by atoms with Crippen molar-refractivity contribution in [2.24, 2.45) is 0 Å². The molecule has 1 fully saturated rings. The van der Waals surface area contributed by atoms with E-state index in [4.69, 9.17) is 0 Å². The molecule has 0 radical (unpaired) electrons. The van der Waals surface area contributed by atoms with Crippen LogP contribution >= 0.6 is 0 Å². The molecule has 1 heterocycles. The molecule has 26 heavy (non-hydrogen) atoms. The van der Waals surface area contributed by atoms with Crippen molar-refractivity contribution in [1.82, 2.24) is 4.31 Å². The minimum atomic E-state index is -3.72. The summed E-state index contributed by atoms with van der Waals surface area (Å²) in [6.07, 6.45) is 3.89. The molecular weight excluding hydrogens is 413 g/mol. The van der Waals surface area contributed by atoms with Gasteiger partial charge in [0, 0.05) is 0 Å². The number of sulfonamides is 1. The predicted octanol–water partition coefficient (Wildman–Crippen LogP) is 3.47. The molecule has 2 atom stereocenters. The van der Waals surface area contributed by atoms with Gasteiger partial charge in [-0.1, -0.05) is 0 Å². The van der Waals surface area contributed by atoms with Crippen LogP contribution in [0.3, 0.4) is 0 Å². The first-order chi connectivity index (χ1) is 12.6.